The molecule has 1 unspecified atom stereocenters. The van der Waals surface area contributed by atoms with Crippen LogP contribution >= 0.6 is 28.3 Å². The normalized spacial score (nSPS) is 18.2. The van der Waals surface area contributed by atoms with E-state index in [1.165, 1.54) is 6.07 Å². The van der Waals surface area contributed by atoms with Crippen molar-refractivity contribution in [2.24, 2.45) is 5.92 Å². The lowest BCUT2D eigenvalue weighted by molar-refractivity contribution is -0.116. The van der Waals surface area contributed by atoms with Crippen molar-refractivity contribution in [3.8, 4) is 0 Å². The van der Waals surface area contributed by atoms with E-state index >= 15 is 0 Å². The van der Waals surface area contributed by atoms with Crippen molar-refractivity contribution in [2.45, 2.75) is 12.8 Å². The minimum atomic E-state index is -0.331. The summed E-state index contributed by atoms with van der Waals surface area (Å²) in [5, 5.41) is 5.99. The van der Waals surface area contributed by atoms with Gasteiger partial charge in [0.2, 0.25) is 5.91 Å². The van der Waals surface area contributed by atoms with Gasteiger partial charge in [-0.25, -0.2) is 4.39 Å². The second-order valence-electron chi connectivity index (χ2n) is 4.24. The summed E-state index contributed by atoms with van der Waals surface area (Å²) in [6.07, 6.45) is 1.56. The van der Waals surface area contributed by atoms with Gasteiger partial charge in [0, 0.05) is 12.1 Å². The fourth-order valence-corrected chi connectivity index (χ4v) is 2.32. The molecule has 0 spiro atoms. The quantitative estimate of drug-likeness (QED) is 0.890. The largest absolute Gasteiger partial charge is 0.326 e. The highest BCUT2D eigenvalue weighted by molar-refractivity contribution is 9.10. The van der Waals surface area contributed by atoms with Gasteiger partial charge in [0.05, 0.1) is 4.47 Å². The molecule has 1 aromatic carbocycles. The predicted octanol–water partition coefficient (Wildman–Crippen LogP) is 2.95. The SMILES string of the molecule is Cl.O=C(CC1CCNC1)Nc1ccc(F)c(Br)c1. The highest BCUT2D eigenvalue weighted by Crippen LogP contribution is 2.21. The molecule has 0 radical (unpaired) electrons. The van der Waals surface area contributed by atoms with Gasteiger partial charge < -0.3 is 10.6 Å². The summed E-state index contributed by atoms with van der Waals surface area (Å²) < 4.78 is 13.4. The Morgan fingerprint density at radius 1 is 1.56 bits per heavy atom. The summed E-state index contributed by atoms with van der Waals surface area (Å²) in [6, 6.07) is 4.46. The van der Waals surface area contributed by atoms with Gasteiger partial charge in [0.25, 0.3) is 0 Å². The van der Waals surface area contributed by atoms with Crippen molar-refractivity contribution < 1.29 is 9.18 Å². The number of carbonyl (C=O) groups is 1. The average Bonchev–Trinajstić information content (AvgIpc) is 2.76. The Morgan fingerprint density at radius 2 is 2.33 bits per heavy atom. The van der Waals surface area contributed by atoms with Gasteiger partial charge in [-0.05, 0) is 59.6 Å². The maximum absolute atomic E-state index is 13.0. The van der Waals surface area contributed by atoms with Gasteiger partial charge in [-0.3, -0.25) is 4.79 Å². The van der Waals surface area contributed by atoms with Crippen LogP contribution < -0.4 is 10.6 Å². The minimum absolute atomic E-state index is 0. The maximum atomic E-state index is 13.0. The number of nitrogens with one attached hydrogen (secondary N) is 2. The Balaban J connectivity index is 0.00000162. The van der Waals surface area contributed by atoms with Crippen LogP contribution in [0.2, 0.25) is 0 Å². The standard InChI is InChI=1S/C12H14BrFN2O.ClH/c13-10-6-9(1-2-11(10)14)16-12(17)5-8-3-4-15-7-8;/h1-2,6,8,15H,3-5,7H2,(H,16,17);1H. The van der Waals surface area contributed by atoms with Crippen molar-refractivity contribution in [1.82, 2.24) is 5.32 Å². The molecule has 1 saturated heterocycles. The number of hydrogen-bond acceptors (Lipinski definition) is 2. The molecule has 1 aliphatic heterocycles. The average molecular weight is 338 g/mol. The molecule has 0 aliphatic carbocycles. The van der Waals surface area contributed by atoms with E-state index in [1.807, 2.05) is 0 Å². The second kappa shape index (κ2) is 7.07. The van der Waals surface area contributed by atoms with E-state index in [2.05, 4.69) is 26.6 Å². The first-order valence-corrected chi connectivity index (χ1v) is 6.40. The highest BCUT2D eigenvalue weighted by atomic mass is 79.9. The Hall–Kier alpha value is -0.650. The van der Waals surface area contributed by atoms with Crippen LogP contribution in [0.15, 0.2) is 22.7 Å². The lowest BCUT2D eigenvalue weighted by Gasteiger charge is -2.09. The Bertz CT molecular complexity index is 425. The topological polar surface area (TPSA) is 41.1 Å². The maximum Gasteiger partial charge on any atom is 0.224 e. The molecule has 6 heteroatoms. The molecule has 0 aromatic heterocycles. The molecule has 1 atom stereocenters. The lowest BCUT2D eigenvalue weighted by Crippen LogP contribution is -2.18. The third-order valence-corrected chi connectivity index (χ3v) is 3.45. The summed E-state index contributed by atoms with van der Waals surface area (Å²) in [4.78, 5) is 11.7. The molecular formula is C12H15BrClFN2O. The molecule has 1 aromatic rings. The zero-order valence-electron chi connectivity index (χ0n) is 9.71. The Kier molecular flexibility index (Phi) is 6.05. The summed E-state index contributed by atoms with van der Waals surface area (Å²) in [5.41, 5.74) is 0.620. The van der Waals surface area contributed by atoms with Crippen LogP contribution in [0.25, 0.3) is 0 Å². The molecule has 2 rings (SSSR count). The Labute approximate surface area is 120 Å². The third kappa shape index (κ3) is 4.23. The number of halogens is 3. The van der Waals surface area contributed by atoms with E-state index in [0.29, 0.717) is 22.5 Å². The zero-order valence-corrected chi connectivity index (χ0v) is 12.1. The molecule has 1 heterocycles. The molecular weight excluding hydrogens is 322 g/mol. The van der Waals surface area contributed by atoms with Crippen molar-refractivity contribution in [2.75, 3.05) is 18.4 Å². The molecule has 0 bridgehead atoms. The molecule has 3 nitrogen and oxygen atoms in total. The van der Waals surface area contributed by atoms with Crippen molar-refractivity contribution in [1.29, 1.82) is 0 Å². The highest BCUT2D eigenvalue weighted by Gasteiger charge is 2.18. The van der Waals surface area contributed by atoms with E-state index < -0.39 is 0 Å². The van der Waals surface area contributed by atoms with Crippen molar-refractivity contribution >= 4 is 39.9 Å². The van der Waals surface area contributed by atoms with Crippen LogP contribution in [-0.4, -0.2) is 19.0 Å². The number of hydrogen-bond donors (Lipinski definition) is 2. The van der Waals surface area contributed by atoms with Gasteiger partial charge in [0.15, 0.2) is 0 Å². The van der Waals surface area contributed by atoms with Gasteiger partial charge in [0.1, 0.15) is 5.82 Å². The van der Waals surface area contributed by atoms with Gasteiger partial charge in [-0.2, -0.15) is 0 Å². The molecule has 1 amide bonds. The van der Waals surface area contributed by atoms with Crippen LogP contribution in [0.4, 0.5) is 10.1 Å². The molecule has 100 valence electrons. The number of benzene rings is 1. The second-order valence-corrected chi connectivity index (χ2v) is 5.09. The van der Waals surface area contributed by atoms with Crippen molar-refractivity contribution in [3.63, 3.8) is 0 Å². The van der Waals surface area contributed by atoms with E-state index in [-0.39, 0.29) is 24.1 Å². The van der Waals surface area contributed by atoms with Crippen LogP contribution in [0, 0.1) is 11.7 Å². The third-order valence-electron chi connectivity index (χ3n) is 2.84. The van der Waals surface area contributed by atoms with Gasteiger partial charge >= 0.3 is 0 Å². The first-order valence-electron chi connectivity index (χ1n) is 5.61. The van der Waals surface area contributed by atoms with E-state index in [9.17, 15) is 9.18 Å². The van der Waals surface area contributed by atoms with Crippen molar-refractivity contribution in [3.05, 3.63) is 28.5 Å². The summed E-state index contributed by atoms with van der Waals surface area (Å²) in [7, 11) is 0. The summed E-state index contributed by atoms with van der Waals surface area (Å²) in [5.74, 6) is 0.0686. The van der Waals surface area contributed by atoms with Crippen LogP contribution in [0.5, 0.6) is 0 Å². The van der Waals surface area contributed by atoms with E-state index in [4.69, 9.17) is 0 Å². The fraction of sp³-hybridized carbons (Fsp3) is 0.417. The Morgan fingerprint density at radius 3 is 2.94 bits per heavy atom. The number of rotatable bonds is 3. The number of amides is 1. The van der Waals surface area contributed by atoms with Gasteiger partial charge in [-0.1, -0.05) is 0 Å². The predicted molar refractivity (Wildman–Crippen MR) is 75.6 cm³/mol. The molecule has 18 heavy (non-hydrogen) atoms. The van der Waals surface area contributed by atoms with Crippen LogP contribution in [-0.2, 0) is 4.79 Å². The van der Waals surface area contributed by atoms with Crippen LogP contribution in [0.3, 0.4) is 0 Å². The molecule has 1 aliphatic rings. The van der Waals surface area contributed by atoms with Crippen LogP contribution in [0.1, 0.15) is 12.8 Å². The summed E-state index contributed by atoms with van der Waals surface area (Å²) >= 11 is 3.09. The molecule has 1 fully saturated rings. The van der Waals surface area contributed by atoms with E-state index in [0.717, 1.165) is 19.5 Å². The van der Waals surface area contributed by atoms with E-state index in [1.54, 1.807) is 12.1 Å². The number of carbonyl (C=O) groups excluding carboxylic acids is 1. The first-order chi connectivity index (χ1) is 8.15. The van der Waals surface area contributed by atoms with Gasteiger partial charge in [-0.15, -0.1) is 12.4 Å². The first kappa shape index (κ1) is 15.4. The molecule has 0 saturated carbocycles. The number of anilines is 1. The zero-order chi connectivity index (χ0) is 12.3. The fourth-order valence-electron chi connectivity index (χ4n) is 1.94. The smallest absolute Gasteiger partial charge is 0.224 e. The lowest BCUT2D eigenvalue weighted by atomic mass is 10.0. The monoisotopic (exact) mass is 336 g/mol. The minimum Gasteiger partial charge on any atom is -0.326 e. The molecule has 2 N–H and O–H groups in total. The summed E-state index contributed by atoms with van der Waals surface area (Å²) in [6.45, 7) is 1.89.